The Hall–Kier alpha value is -0.940. The third-order valence-corrected chi connectivity index (χ3v) is 2.95. The van der Waals surface area contributed by atoms with Gasteiger partial charge in [0.25, 0.3) is 0 Å². The molecular formula is C10H10BrFN2S. The number of aromatic nitrogens is 1. The van der Waals surface area contributed by atoms with Gasteiger partial charge in [0.1, 0.15) is 5.82 Å². The Morgan fingerprint density at radius 1 is 1.53 bits per heavy atom. The molecule has 0 saturated carbocycles. The maximum absolute atomic E-state index is 13.5. The standard InChI is InChI=1S/C10H9FN2S.BrH/c1-2-6-13-9-7(11)4-3-5-8(9)14-10(13)12;/h2-5,12H,1,6H2;1H. The van der Waals surface area contributed by atoms with Crippen molar-refractivity contribution in [2.75, 3.05) is 0 Å². The zero-order chi connectivity index (χ0) is 10.1. The van der Waals surface area contributed by atoms with Crippen molar-refractivity contribution in [1.82, 2.24) is 4.57 Å². The van der Waals surface area contributed by atoms with Crippen LogP contribution in [0.15, 0.2) is 30.9 Å². The van der Waals surface area contributed by atoms with Crippen molar-refractivity contribution in [3.8, 4) is 0 Å². The van der Waals surface area contributed by atoms with E-state index in [-0.39, 0.29) is 22.8 Å². The lowest BCUT2D eigenvalue weighted by atomic mass is 10.3. The normalized spacial score (nSPS) is 9.93. The van der Waals surface area contributed by atoms with Crippen LogP contribution in [-0.2, 0) is 6.54 Å². The van der Waals surface area contributed by atoms with E-state index in [1.165, 1.54) is 17.4 Å². The van der Waals surface area contributed by atoms with Crippen LogP contribution in [0.3, 0.4) is 0 Å². The van der Waals surface area contributed by atoms with E-state index in [1.807, 2.05) is 6.07 Å². The van der Waals surface area contributed by atoms with Crippen LogP contribution in [-0.4, -0.2) is 4.57 Å². The minimum atomic E-state index is -0.279. The summed E-state index contributed by atoms with van der Waals surface area (Å²) < 4.78 is 15.9. The van der Waals surface area contributed by atoms with E-state index < -0.39 is 0 Å². The van der Waals surface area contributed by atoms with Gasteiger partial charge in [0.2, 0.25) is 0 Å². The molecule has 1 aromatic heterocycles. The van der Waals surface area contributed by atoms with Crippen molar-refractivity contribution in [3.63, 3.8) is 0 Å². The van der Waals surface area contributed by atoms with Gasteiger partial charge in [-0.25, -0.2) is 4.39 Å². The van der Waals surface area contributed by atoms with Crippen molar-refractivity contribution in [2.24, 2.45) is 0 Å². The van der Waals surface area contributed by atoms with Gasteiger partial charge in [-0.15, -0.1) is 23.6 Å². The van der Waals surface area contributed by atoms with E-state index in [2.05, 4.69) is 6.58 Å². The summed E-state index contributed by atoms with van der Waals surface area (Å²) in [5, 5.41) is 7.67. The Morgan fingerprint density at radius 2 is 2.27 bits per heavy atom. The molecule has 80 valence electrons. The van der Waals surface area contributed by atoms with Crippen LogP contribution < -0.4 is 4.80 Å². The number of rotatable bonds is 2. The number of allylic oxidation sites excluding steroid dienone is 1. The minimum absolute atomic E-state index is 0. The number of halogens is 2. The van der Waals surface area contributed by atoms with Gasteiger partial charge in [-0.1, -0.05) is 23.5 Å². The van der Waals surface area contributed by atoms with Crippen molar-refractivity contribution in [2.45, 2.75) is 6.54 Å². The summed E-state index contributed by atoms with van der Waals surface area (Å²) in [5.41, 5.74) is 0.502. The van der Waals surface area contributed by atoms with E-state index in [4.69, 9.17) is 5.41 Å². The highest BCUT2D eigenvalue weighted by Crippen LogP contribution is 2.19. The SMILES string of the molecule is Br.C=CCn1c(=N)sc2cccc(F)c21. The number of benzene rings is 1. The number of thiazole rings is 1. The molecule has 0 amide bonds. The lowest BCUT2D eigenvalue weighted by Gasteiger charge is -2.00. The molecule has 0 aliphatic carbocycles. The zero-order valence-corrected chi connectivity index (χ0v) is 10.4. The third kappa shape index (κ3) is 2.03. The fraction of sp³-hybridized carbons (Fsp3) is 0.100. The van der Waals surface area contributed by atoms with Gasteiger partial charge >= 0.3 is 0 Å². The molecule has 5 heteroatoms. The monoisotopic (exact) mass is 288 g/mol. The second-order valence-electron chi connectivity index (χ2n) is 2.89. The quantitative estimate of drug-likeness (QED) is 0.823. The molecule has 0 atom stereocenters. The van der Waals surface area contributed by atoms with Crippen LogP contribution in [0.4, 0.5) is 4.39 Å². The van der Waals surface area contributed by atoms with Gasteiger partial charge in [-0.2, -0.15) is 0 Å². The molecule has 2 nitrogen and oxygen atoms in total. The van der Waals surface area contributed by atoms with E-state index >= 15 is 0 Å². The molecule has 0 saturated heterocycles. The maximum atomic E-state index is 13.5. The summed E-state index contributed by atoms with van der Waals surface area (Å²) in [6.45, 7) is 4.06. The summed E-state index contributed by atoms with van der Waals surface area (Å²) in [5.74, 6) is -0.279. The van der Waals surface area contributed by atoms with E-state index in [0.29, 0.717) is 16.9 Å². The molecule has 2 aromatic rings. The summed E-state index contributed by atoms with van der Waals surface area (Å²) in [6, 6.07) is 4.89. The third-order valence-electron chi connectivity index (χ3n) is 1.98. The Morgan fingerprint density at radius 3 is 2.93 bits per heavy atom. The highest BCUT2D eigenvalue weighted by atomic mass is 79.9. The fourth-order valence-corrected chi connectivity index (χ4v) is 2.34. The molecule has 0 aliphatic heterocycles. The molecule has 0 aliphatic rings. The minimum Gasteiger partial charge on any atom is -0.311 e. The maximum Gasteiger partial charge on any atom is 0.183 e. The molecule has 0 radical (unpaired) electrons. The van der Waals surface area contributed by atoms with Crippen LogP contribution in [0.25, 0.3) is 10.2 Å². The summed E-state index contributed by atoms with van der Waals surface area (Å²) in [4.78, 5) is 0.352. The smallest absolute Gasteiger partial charge is 0.183 e. The second kappa shape index (κ2) is 4.72. The number of fused-ring (bicyclic) bond motifs is 1. The number of hydrogen-bond acceptors (Lipinski definition) is 2. The summed E-state index contributed by atoms with van der Waals surface area (Å²) >= 11 is 1.27. The van der Waals surface area contributed by atoms with Gasteiger partial charge < -0.3 is 4.57 Å². The van der Waals surface area contributed by atoms with E-state index in [1.54, 1.807) is 16.7 Å². The fourth-order valence-electron chi connectivity index (χ4n) is 1.40. The molecule has 0 spiro atoms. The lowest BCUT2D eigenvalue weighted by Crippen LogP contribution is -2.12. The Balaban J connectivity index is 0.00000112. The van der Waals surface area contributed by atoms with Crippen molar-refractivity contribution < 1.29 is 4.39 Å². The molecular weight excluding hydrogens is 279 g/mol. The predicted molar refractivity (Wildman–Crippen MR) is 66.1 cm³/mol. The van der Waals surface area contributed by atoms with Gasteiger partial charge in [0.15, 0.2) is 4.80 Å². The molecule has 15 heavy (non-hydrogen) atoms. The van der Waals surface area contributed by atoms with Crippen LogP contribution >= 0.6 is 28.3 Å². The van der Waals surface area contributed by atoms with Crippen molar-refractivity contribution in [1.29, 1.82) is 5.41 Å². The van der Waals surface area contributed by atoms with Crippen LogP contribution in [0, 0.1) is 11.2 Å². The summed E-state index contributed by atoms with van der Waals surface area (Å²) in [6.07, 6.45) is 1.66. The largest absolute Gasteiger partial charge is 0.311 e. The van der Waals surface area contributed by atoms with Gasteiger partial charge in [-0.3, -0.25) is 5.41 Å². The zero-order valence-electron chi connectivity index (χ0n) is 7.87. The Labute approximate surface area is 101 Å². The van der Waals surface area contributed by atoms with Gasteiger partial charge in [-0.05, 0) is 12.1 Å². The Bertz CT molecular complexity index is 544. The van der Waals surface area contributed by atoms with Crippen LogP contribution in [0.2, 0.25) is 0 Å². The number of para-hydroxylation sites is 1. The number of hydrogen-bond donors (Lipinski definition) is 1. The molecule has 1 N–H and O–H groups in total. The first-order valence-corrected chi connectivity index (χ1v) is 4.99. The average molecular weight is 289 g/mol. The van der Waals surface area contributed by atoms with E-state index in [0.717, 1.165) is 4.70 Å². The molecule has 0 bridgehead atoms. The molecule has 0 unspecified atom stereocenters. The van der Waals surface area contributed by atoms with E-state index in [9.17, 15) is 4.39 Å². The highest BCUT2D eigenvalue weighted by Gasteiger charge is 2.07. The highest BCUT2D eigenvalue weighted by molar-refractivity contribution is 8.93. The first kappa shape index (κ1) is 12.1. The van der Waals surface area contributed by atoms with Crippen molar-refractivity contribution in [3.05, 3.63) is 41.5 Å². The van der Waals surface area contributed by atoms with Gasteiger partial charge in [0.05, 0.1) is 10.2 Å². The van der Waals surface area contributed by atoms with Crippen molar-refractivity contribution >= 4 is 38.5 Å². The lowest BCUT2D eigenvalue weighted by molar-refractivity contribution is 0.626. The summed E-state index contributed by atoms with van der Waals surface area (Å²) in [7, 11) is 0. The topological polar surface area (TPSA) is 28.8 Å². The Kier molecular flexibility index (Phi) is 3.82. The average Bonchev–Trinajstić information content (AvgIpc) is 2.45. The number of nitrogens with one attached hydrogen (secondary N) is 1. The van der Waals surface area contributed by atoms with Crippen LogP contribution in [0.1, 0.15) is 0 Å². The molecule has 2 rings (SSSR count). The molecule has 1 heterocycles. The number of nitrogens with zero attached hydrogens (tertiary/aromatic N) is 1. The second-order valence-corrected chi connectivity index (χ2v) is 3.92. The molecule has 1 aromatic carbocycles. The first-order chi connectivity index (χ1) is 6.74. The first-order valence-electron chi connectivity index (χ1n) is 4.17. The molecule has 0 fully saturated rings. The van der Waals surface area contributed by atoms with Gasteiger partial charge in [0, 0.05) is 6.54 Å². The van der Waals surface area contributed by atoms with Crippen LogP contribution in [0.5, 0.6) is 0 Å². The predicted octanol–water partition coefficient (Wildman–Crippen LogP) is 3.09.